The molecule has 2 aliphatic heterocycles. The molecular formula is C23H22N2O3S. The van der Waals surface area contributed by atoms with Crippen LogP contribution in [0.15, 0.2) is 59.0 Å². The topological polar surface area (TPSA) is 54.3 Å². The van der Waals surface area contributed by atoms with Gasteiger partial charge in [-0.3, -0.25) is 0 Å². The van der Waals surface area contributed by atoms with Gasteiger partial charge in [-0.05, 0) is 43.5 Å². The number of nitrogens with zero attached hydrogens (tertiary/aromatic N) is 2. The van der Waals surface area contributed by atoms with Gasteiger partial charge in [0.15, 0.2) is 11.5 Å². The van der Waals surface area contributed by atoms with Gasteiger partial charge in [0.2, 0.25) is 6.23 Å². The number of hydrogen-bond donors (Lipinski definition) is 1. The van der Waals surface area contributed by atoms with Gasteiger partial charge >= 0.3 is 0 Å². The van der Waals surface area contributed by atoms with E-state index in [1.807, 2.05) is 54.6 Å². The third-order valence-electron chi connectivity index (χ3n) is 5.33. The van der Waals surface area contributed by atoms with Gasteiger partial charge in [-0.25, -0.2) is 5.01 Å². The van der Waals surface area contributed by atoms with Crippen LogP contribution in [-0.4, -0.2) is 22.4 Å². The summed E-state index contributed by atoms with van der Waals surface area (Å²) < 4.78 is 12.3. The van der Waals surface area contributed by atoms with Crippen LogP contribution in [0.25, 0.3) is 0 Å². The van der Waals surface area contributed by atoms with Crippen molar-refractivity contribution < 1.29 is 14.6 Å². The predicted molar refractivity (Wildman–Crippen MR) is 114 cm³/mol. The summed E-state index contributed by atoms with van der Waals surface area (Å²) in [5.74, 6) is 1.81. The Morgan fingerprint density at radius 3 is 2.93 bits per heavy atom. The number of fused-ring (bicyclic) bond motifs is 3. The van der Waals surface area contributed by atoms with Crippen LogP contribution in [-0.2, 0) is 0 Å². The van der Waals surface area contributed by atoms with Crippen molar-refractivity contribution in [1.29, 1.82) is 0 Å². The molecule has 0 spiro atoms. The van der Waals surface area contributed by atoms with Gasteiger partial charge < -0.3 is 14.6 Å². The summed E-state index contributed by atoms with van der Waals surface area (Å²) in [6, 6.07) is 15.8. The van der Waals surface area contributed by atoms with Crippen LogP contribution in [0.4, 0.5) is 0 Å². The number of ether oxygens (including phenoxy) is 2. The van der Waals surface area contributed by atoms with Gasteiger partial charge in [0.05, 0.1) is 23.2 Å². The molecule has 0 unspecified atom stereocenters. The highest BCUT2D eigenvalue weighted by Crippen LogP contribution is 2.51. The zero-order valence-electron chi connectivity index (χ0n) is 16.3. The van der Waals surface area contributed by atoms with E-state index in [9.17, 15) is 5.11 Å². The van der Waals surface area contributed by atoms with Crippen LogP contribution >= 0.6 is 11.3 Å². The van der Waals surface area contributed by atoms with Gasteiger partial charge in [-0.1, -0.05) is 29.8 Å². The van der Waals surface area contributed by atoms with Crippen molar-refractivity contribution in [2.24, 2.45) is 5.10 Å². The molecule has 2 aliphatic rings. The van der Waals surface area contributed by atoms with E-state index < -0.39 is 0 Å². The lowest BCUT2D eigenvalue weighted by atomic mass is 9.95. The van der Waals surface area contributed by atoms with Crippen LogP contribution in [0.1, 0.15) is 47.2 Å². The van der Waals surface area contributed by atoms with E-state index >= 15 is 0 Å². The fourth-order valence-electron chi connectivity index (χ4n) is 4.02. The Bertz CT molecular complexity index is 1080. The first-order valence-corrected chi connectivity index (χ1v) is 10.6. The number of phenols is 1. The molecule has 5 rings (SSSR count). The summed E-state index contributed by atoms with van der Waals surface area (Å²) >= 11 is 1.65. The first kappa shape index (κ1) is 18.1. The maximum Gasteiger partial charge on any atom is 0.223 e. The number of hydrogen-bond acceptors (Lipinski definition) is 6. The zero-order valence-corrected chi connectivity index (χ0v) is 17.1. The molecule has 0 aliphatic carbocycles. The lowest BCUT2D eigenvalue weighted by molar-refractivity contribution is -0.0188. The summed E-state index contributed by atoms with van der Waals surface area (Å²) in [7, 11) is 0. The summed E-state index contributed by atoms with van der Waals surface area (Å²) in [4.78, 5) is 1.09. The van der Waals surface area contributed by atoms with Crippen LogP contribution in [0, 0.1) is 6.92 Å². The van der Waals surface area contributed by atoms with E-state index in [1.165, 1.54) is 0 Å². The van der Waals surface area contributed by atoms with Crippen molar-refractivity contribution in [3.63, 3.8) is 0 Å². The maximum absolute atomic E-state index is 10.4. The molecule has 29 heavy (non-hydrogen) atoms. The van der Waals surface area contributed by atoms with E-state index in [2.05, 4.69) is 12.1 Å². The maximum atomic E-state index is 10.4. The minimum atomic E-state index is -0.321. The minimum Gasteiger partial charge on any atom is -0.507 e. The number of phenolic OH excluding ortho intramolecular Hbond substituents is 1. The Balaban J connectivity index is 1.62. The monoisotopic (exact) mass is 406 g/mol. The molecule has 0 saturated heterocycles. The van der Waals surface area contributed by atoms with Crippen molar-refractivity contribution in [1.82, 2.24) is 5.01 Å². The molecule has 0 fully saturated rings. The number of aromatic hydroxyl groups is 1. The highest BCUT2D eigenvalue weighted by molar-refractivity contribution is 7.10. The van der Waals surface area contributed by atoms with Crippen molar-refractivity contribution >= 4 is 17.0 Å². The number of thiophene rings is 1. The summed E-state index contributed by atoms with van der Waals surface area (Å²) in [6.07, 6.45) is 0.378. The molecule has 0 amide bonds. The molecule has 148 valence electrons. The van der Waals surface area contributed by atoms with E-state index in [0.29, 0.717) is 13.0 Å². The molecule has 5 nitrogen and oxygen atoms in total. The SMILES string of the molecule is CCOc1cccc2c1O[C@@H](c1cccs1)N1N=C(c3cc(C)ccc3O)C[C@@H]21. The van der Waals surface area contributed by atoms with Gasteiger partial charge in [0, 0.05) is 17.5 Å². The lowest BCUT2D eigenvalue weighted by Crippen LogP contribution is -2.33. The molecular weight excluding hydrogens is 384 g/mol. The van der Waals surface area contributed by atoms with Gasteiger partial charge in [0.1, 0.15) is 5.75 Å². The normalized spacial score (nSPS) is 19.9. The minimum absolute atomic E-state index is 0.0289. The van der Waals surface area contributed by atoms with Crippen LogP contribution < -0.4 is 9.47 Å². The quantitative estimate of drug-likeness (QED) is 0.630. The number of para-hydroxylation sites is 1. The Hall–Kier alpha value is -2.99. The number of hydrazone groups is 1. The van der Waals surface area contributed by atoms with Crippen LogP contribution in [0.3, 0.4) is 0 Å². The number of aryl methyl sites for hydroxylation is 1. The Morgan fingerprint density at radius 2 is 2.14 bits per heavy atom. The van der Waals surface area contributed by atoms with E-state index in [-0.39, 0.29) is 18.0 Å². The largest absolute Gasteiger partial charge is 0.507 e. The first-order valence-electron chi connectivity index (χ1n) is 9.77. The van der Waals surface area contributed by atoms with Gasteiger partial charge in [-0.2, -0.15) is 5.10 Å². The van der Waals surface area contributed by atoms with Gasteiger partial charge in [0.25, 0.3) is 0 Å². The second-order valence-electron chi connectivity index (χ2n) is 7.26. The van der Waals surface area contributed by atoms with E-state index in [1.54, 1.807) is 17.4 Å². The summed E-state index contributed by atoms with van der Waals surface area (Å²) in [5, 5.41) is 19.4. The molecule has 6 heteroatoms. The Kier molecular flexibility index (Phi) is 4.43. The Morgan fingerprint density at radius 1 is 1.24 bits per heavy atom. The average molecular weight is 407 g/mol. The molecule has 2 atom stereocenters. The van der Waals surface area contributed by atoms with Crippen molar-refractivity contribution in [2.75, 3.05) is 6.61 Å². The van der Waals surface area contributed by atoms with Crippen molar-refractivity contribution in [2.45, 2.75) is 32.5 Å². The van der Waals surface area contributed by atoms with Crippen LogP contribution in [0.2, 0.25) is 0 Å². The molecule has 0 saturated carbocycles. The van der Waals surface area contributed by atoms with Crippen LogP contribution in [0.5, 0.6) is 17.2 Å². The molecule has 2 aromatic carbocycles. The third kappa shape index (κ3) is 3.04. The zero-order chi connectivity index (χ0) is 20.0. The second kappa shape index (κ2) is 7.12. The first-order chi connectivity index (χ1) is 14.2. The van der Waals surface area contributed by atoms with Crippen molar-refractivity contribution in [3.05, 3.63) is 75.5 Å². The summed E-state index contributed by atoms with van der Waals surface area (Å²) in [5.41, 5.74) is 3.81. The molecule has 3 heterocycles. The highest BCUT2D eigenvalue weighted by Gasteiger charge is 2.42. The van der Waals surface area contributed by atoms with E-state index in [0.717, 1.165) is 38.8 Å². The molecule has 0 bridgehead atoms. The molecule has 3 aromatic rings. The second-order valence-corrected chi connectivity index (χ2v) is 8.24. The van der Waals surface area contributed by atoms with Gasteiger partial charge in [-0.15, -0.1) is 11.3 Å². The smallest absolute Gasteiger partial charge is 0.223 e. The number of rotatable bonds is 4. The van der Waals surface area contributed by atoms with E-state index in [4.69, 9.17) is 14.6 Å². The Labute approximate surface area is 173 Å². The highest BCUT2D eigenvalue weighted by atomic mass is 32.1. The van der Waals surface area contributed by atoms with Crippen molar-refractivity contribution in [3.8, 4) is 17.2 Å². The average Bonchev–Trinajstić information content (AvgIpc) is 3.40. The molecule has 1 N–H and O–H groups in total. The molecule has 0 radical (unpaired) electrons. The molecule has 1 aromatic heterocycles. The fourth-order valence-corrected chi connectivity index (χ4v) is 4.76. The summed E-state index contributed by atoms with van der Waals surface area (Å²) in [6.45, 7) is 4.58. The lowest BCUT2D eigenvalue weighted by Gasteiger charge is -2.38. The third-order valence-corrected chi connectivity index (χ3v) is 6.23. The number of benzene rings is 2. The fraction of sp³-hybridized carbons (Fsp3) is 0.261. The predicted octanol–water partition coefficient (Wildman–Crippen LogP) is 5.40. The standard InChI is InChI=1S/C23H22N2O3S/c1-3-27-20-7-4-6-15-18-13-17(16-12-14(2)9-10-19(16)26)24-25(18)23(28-22(15)20)21-8-5-11-29-21/h4-12,18,23,26H,3,13H2,1-2H3/t18-,23-/m0/s1.